The normalized spacial score (nSPS) is 13.7. The first-order valence-corrected chi connectivity index (χ1v) is 48.1. The second-order valence-electron chi connectivity index (χ2n) is 31.8. The number of hydrogen-bond acceptors (Lipinski definition) is 15. The van der Waals surface area contributed by atoms with Crippen molar-refractivity contribution in [3.63, 3.8) is 0 Å². The van der Waals surface area contributed by atoms with Crippen molar-refractivity contribution in [2.45, 2.75) is 490 Å². The Bertz CT molecular complexity index is 2010. The van der Waals surface area contributed by atoms with Gasteiger partial charge >= 0.3 is 39.5 Å². The van der Waals surface area contributed by atoms with Gasteiger partial charge in [0.15, 0.2) is 12.2 Å². The fourth-order valence-corrected chi connectivity index (χ4v) is 15.2. The van der Waals surface area contributed by atoms with Gasteiger partial charge in [-0.1, -0.05) is 420 Å². The summed E-state index contributed by atoms with van der Waals surface area (Å²) >= 11 is 0. The largest absolute Gasteiger partial charge is 0.472 e. The molecule has 0 bridgehead atoms. The van der Waals surface area contributed by atoms with Crippen LogP contribution >= 0.6 is 15.6 Å². The van der Waals surface area contributed by atoms with Gasteiger partial charge in [-0.25, -0.2) is 9.13 Å². The summed E-state index contributed by atoms with van der Waals surface area (Å²) < 4.78 is 68.9. The lowest BCUT2D eigenvalue weighted by Crippen LogP contribution is -2.30. The molecule has 0 aromatic rings. The molecular formula is C87H170O17P2. The minimum absolute atomic E-state index is 0.109. The molecule has 630 valence electrons. The van der Waals surface area contributed by atoms with E-state index in [9.17, 15) is 43.2 Å². The van der Waals surface area contributed by atoms with E-state index >= 15 is 0 Å². The Kier molecular flexibility index (Phi) is 78.2. The molecule has 0 aromatic carbocycles. The van der Waals surface area contributed by atoms with E-state index in [4.69, 9.17) is 37.0 Å². The van der Waals surface area contributed by atoms with E-state index in [1.165, 1.54) is 295 Å². The van der Waals surface area contributed by atoms with Gasteiger partial charge in [0.05, 0.1) is 26.4 Å². The average Bonchev–Trinajstić information content (AvgIpc) is 0.902. The summed E-state index contributed by atoms with van der Waals surface area (Å²) in [6.07, 6.45) is 73.5. The van der Waals surface area contributed by atoms with Crippen molar-refractivity contribution >= 4 is 39.5 Å². The van der Waals surface area contributed by atoms with Crippen molar-refractivity contribution in [2.75, 3.05) is 39.6 Å². The highest BCUT2D eigenvalue weighted by Crippen LogP contribution is 2.45. The maximum Gasteiger partial charge on any atom is 0.472 e. The molecule has 17 nitrogen and oxygen atoms in total. The number of hydrogen-bond donors (Lipinski definition) is 3. The number of aliphatic hydroxyl groups is 1. The number of unbranched alkanes of at least 4 members (excludes halogenated alkanes) is 59. The second-order valence-corrected chi connectivity index (χ2v) is 34.7. The van der Waals surface area contributed by atoms with Gasteiger partial charge in [0.1, 0.15) is 19.3 Å². The molecule has 19 heteroatoms. The Morgan fingerprint density at radius 3 is 0.642 bits per heavy atom. The van der Waals surface area contributed by atoms with Crippen LogP contribution in [0.5, 0.6) is 0 Å². The predicted molar refractivity (Wildman–Crippen MR) is 437 cm³/mol. The number of esters is 4. The fourth-order valence-electron chi connectivity index (χ4n) is 13.6. The van der Waals surface area contributed by atoms with Gasteiger partial charge < -0.3 is 33.8 Å². The Labute approximate surface area is 651 Å². The van der Waals surface area contributed by atoms with Crippen molar-refractivity contribution < 1.29 is 80.2 Å². The molecule has 0 radical (unpaired) electrons. The molecule has 5 atom stereocenters. The van der Waals surface area contributed by atoms with Crippen molar-refractivity contribution in [1.82, 2.24) is 0 Å². The molecule has 2 unspecified atom stereocenters. The average molecular weight is 1550 g/mol. The van der Waals surface area contributed by atoms with E-state index < -0.39 is 97.5 Å². The minimum atomic E-state index is -4.97. The van der Waals surface area contributed by atoms with E-state index in [2.05, 4.69) is 34.6 Å². The molecule has 106 heavy (non-hydrogen) atoms. The number of aliphatic hydroxyl groups excluding tert-OH is 1. The summed E-state index contributed by atoms with van der Waals surface area (Å²) in [6, 6.07) is 0. The van der Waals surface area contributed by atoms with E-state index in [1.54, 1.807) is 0 Å². The Hall–Kier alpha value is -1.94. The number of phosphoric acid groups is 2. The number of ether oxygens (including phenoxy) is 4. The zero-order valence-electron chi connectivity index (χ0n) is 69.6. The summed E-state index contributed by atoms with van der Waals surface area (Å²) in [7, 11) is -9.93. The van der Waals surface area contributed by atoms with Crippen LogP contribution in [0.15, 0.2) is 0 Å². The lowest BCUT2D eigenvalue weighted by Gasteiger charge is -2.21. The lowest BCUT2D eigenvalue weighted by atomic mass is 10.0. The predicted octanol–water partition coefficient (Wildman–Crippen LogP) is 26.8. The van der Waals surface area contributed by atoms with Crippen molar-refractivity contribution in [2.24, 2.45) is 5.92 Å². The van der Waals surface area contributed by atoms with Gasteiger partial charge in [0.25, 0.3) is 0 Å². The molecule has 0 heterocycles. The zero-order valence-corrected chi connectivity index (χ0v) is 71.4. The third-order valence-electron chi connectivity index (χ3n) is 20.5. The highest BCUT2D eigenvalue weighted by atomic mass is 31.2. The molecule has 0 spiro atoms. The van der Waals surface area contributed by atoms with Crippen LogP contribution in [0.2, 0.25) is 0 Å². The molecule has 0 aliphatic rings. The second kappa shape index (κ2) is 79.7. The van der Waals surface area contributed by atoms with Gasteiger partial charge in [0.2, 0.25) is 0 Å². The van der Waals surface area contributed by atoms with Crippen LogP contribution in [0.4, 0.5) is 0 Å². The Morgan fingerprint density at radius 1 is 0.255 bits per heavy atom. The molecule has 0 aromatic heterocycles. The van der Waals surface area contributed by atoms with Gasteiger partial charge in [-0.2, -0.15) is 0 Å². The highest BCUT2D eigenvalue weighted by Gasteiger charge is 2.30. The monoisotopic (exact) mass is 1550 g/mol. The minimum Gasteiger partial charge on any atom is -0.462 e. The van der Waals surface area contributed by atoms with Gasteiger partial charge in [-0.3, -0.25) is 37.3 Å². The van der Waals surface area contributed by atoms with Crippen LogP contribution in [0, 0.1) is 5.92 Å². The van der Waals surface area contributed by atoms with E-state index in [1.807, 2.05) is 0 Å². The van der Waals surface area contributed by atoms with Crippen molar-refractivity contribution in [1.29, 1.82) is 0 Å². The number of phosphoric ester groups is 2. The maximum atomic E-state index is 13.2. The molecule has 0 aliphatic heterocycles. The van der Waals surface area contributed by atoms with Crippen LogP contribution < -0.4 is 0 Å². The molecule has 0 amide bonds. The number of rotatable bonds is 87. The molecule has 0 saturated heterocycles. The molecule has 0 saturated carbocycles. The zero-order chi connectivity index (χ0) is 77.6. The van der Waals surface area contributed by atoms with Crippen LogP contribution in [-0.4, -0.2) is 96.7 Å². The standard InChI is InChI=1S/C87H170O17P2/c1-6-9-12-15-18-21-24-26-28-32-37-41-46-51-56-61-66-71-85(90)98-77-83(104-87(92)73-68-63-58-53-48-43-39-35-31-30-34-36-40-45-49-54-59-64-69-80(4)5)79-102-106(95,96)100-75-81(88)74-99-105(93,94)101-78-82(76-97-84(89)70-65-60-55-50-44-23-20-17-14-11-8-3)103-86(91)72-67-62-57-52-47-42-38-33-29-27-25-22-19-16-13-10-7-2/h80-83,88H,6-79H2,1-5H3,(H,93,94)(H,95,96)/t81-,82+,83+/m0/s1. The smallest absolute Gasteiger partial charge is 0.462 e. The summed E-state index contributed by atoms with van der Waals surface area (Å²) in [4.78, 5) is 73.3. The summed E-state index contributed by atoms with van der Waals surface area (Å²) in [5, 5.41) is 10.7. The van der Waals surface area contributed by atoms with Gasteiger partial charge in [-0.05, 0) is 31.6 Å². The van der Waals surface area contributed by atoms with Gasteiger partial charge in [0, 0.05) is 25.7 Å². The van der Waals surface area contributed by atoms with Crippen LogP contribution in [0.3, 0.4) is 0 Å². The third-order valence-corrected chi connectivity index (χ3v) is 22.4. The molecule has 0 fully saturated rings. The topological polar surface area (TPSA) is 237 Å². The maximum absolute atomic E-state index is 13.2. The molecule has 0 rings (SSSR count). The van der Waals surface area contributed by atoms with Crippen molar-refractivity contribution in [3.8, 4) is 0 Å². The molecule has 0 aliphatic carbocycles. The highest BCUT2D eigenvalue weighted by molar-refractivity contribution is 7.47. The first kappa shape index (κ1) is 104. The summed E-state index contributed by atoms with van der Waals surface area (Å²) in [5.41, 5.74) is 0. The van der Waals surface area contributed by atoms with Gasteiger partial charge in [-0.15, -0.1) is 0 Å². The van der Waals surface area contributed by atoms with E-state index in [0.29, 0.717) is 25.7 Å². The summed E-state index contributed by atoms with van der Waals surface area (Å²) in [6.45, 7) is 7.41. The van der Waals surface area contributed by atoms with Crippen LogP contribution in [-0.2, 0) is 65.4 Å². The SMILES string of the molecule is CCCCCCCCCCCCCCCCCCCC(=O)OC[C@H](COP(=O)(O)OC[C@@H](O)COP(=O)(O)OC[C@@H](COC(=O)CCCCCCCCCCCCC)OC(=O)CCCCCCCCCCCCCCCCCCC)OC(=O)CCCCCCCCCCCCCCCCCCCCC(C)C. The van der Waals surface area contributed by atoms with Crippen LogP contribution in [0.25, 0.3) is 0 Å². The fraction of sp³-hybridized carbons (Fsp3) is 0.954. The Morgan fingerprint density at radius 2 is 0.434 bits per heavy atom. The van der Waals surface area contributed by atoms with E-state index in [0.717, 1.165) is 95.8 Å². The summed E-state index contributed by atoms with van der Waals surface area (Å²) in [5.74, 6) is -1.28. The van der Waals surface area contributed by atoms with E-state index in [-0.39, 0.29) is 25.7 Å². The lowest BCUT2D eigenvalue weighted by molar-refractivity contribution is -0.161. The Balaban J connectivity index is 5.23. The van der Waals surface area contributed by atoms with Crippen LogP contribution in [0.1, 0.15) is 471 Å². The quantitative estimate of drug-likeness (QED) is 0.0222. The number of carbonyl (C=O) groups is 4. The van der Waals surface area contributed by atoms with Crippen molar-refractivity contribution in [3.05, 3.63) is 0 Å². The number of carbonyl (C=O) groups excluding carboxylic acids is 4. The molecular weight excluding hydrogens is 1380 g/mol. The third kappa shape index (κ3) is 80.1. The first-order chi connectivity index (χ1) is 51.5. The molecule has 3 N–H and O–H groups in total. The first-order valence-electron chi connectivity index (χ1n) is 45.1.